The Labute approximate surface area is 144 Å². The number of likely N-dealkylation sites (N-methyl/N-ethyl adjacent to an activating group) is 1. The Morgan fingerprint density at radius 3 is 2.58 bits per heavy atom. The van der Waals surface area contributed by atoms with E-state index in [0.717, 1.165) is 12.8 Å². The fraction of sp³-hybridized carbons (Fsp3) is 0.529. The van der Waals surface area contributed by atoms with Gasteiger partial charge in [0, 0.05) is 19.2 Å². The lowest BCUT2D eigenvalue weighted by Gasteiger charge is -2.24. The van der Waals surface area contributed by atoms with E-state index in [4.69, 9.17) is 0 Å². The lowest BCUT2D eigenvalue weighted by atomic mass is 10.0. The highest BCUT2D eigenvalue weighted by Gasteiger charge is 2.33. The number of sulfonamides is 1. The summed E-state index contributed by atoms with van der Waals surface area (Å²) in [5.41, 5.74) is 0.521. The van der Waals surface area contributed by atoms with Crippen LogP contribution >= 0.6 is 0 Å². The molecule has 0 radical (unpaired) electrons. The standard InChI is InChI=1S/C17H25N3O3S/c1-5-6-11-20(4)17(21)15(12(2)3)18-16-13-9-7-8-10-14(13)24(22,23)19-16/h7-10,12,15H,5-6,11H2,1-4H3,(H,18,19). The van der Waals surface area contributed by atoms with Gasteiger partial charge in [0.2, 0.25) is 5.91 Å². The molecule has 2 rings (SSSR count). The van der Waals surface area contributed by atoms with Crippen molar-refractivity contribution in [1.29, 1.82) is 0 Å². The number of rotatable bonds is 6. The van der Waals surface area contributed by atoms with Crippen molar-refractivity contribution in [2.45, 2.75) is 44.6 Å². The summed E-state index contributed by atoms with van der Waals surface area (Å²) in [4.78, 5) is 19.1. The number of carbonyl (C=O) groups is 1. The van der Waals surface area contributed by atoms with Crippen molar-refractivity contribution in [2.24, 2.45) is 10.9 Å². The van der Waals surface area contributed by atoms with Gasteiger partial charge in [-0.2, -0.15) is 0 Å². The van der Waals surface area contributed by atoms with Gasteiger partial charge >= 0.3 is 0 Å². The molecule has 1 aliphatic heterocycles. The normalized spacial score (nSPS) is 18.3. The van der Waals surface area contributed by atoms with Crippen LogP contribution in [0.15, 0.2) is 34.2 Å². The molecular formula is C17H25N3O3S. The monoisotopic (exact) mass is 351 g/mol. The first kappa shape index (κ1) is 18.4. The fourth-order valence-electron chi connectivity index (χ4n) is 2.59. The van der Waals surface area contributed by atoms with Gasteiger partial charge in [0.15, 0.2) is 0 Å². The lowest BCUT2D eigenvalue weighted by Crippen LogP contribution is -2.40. The third kappa shape index (κ3) is 3.77. The molecule has 1 aromatic carbocycles. The Balaban J connectivity index is 2.34. The number of hydrogen-bond acceptors (Lipinski definition) is 4. The lowest BCUT2D eigenvalue weighted by molar-refractivity contribution is -0.132. The van der Waals surface area contributed by atoms with E-state index in [2.05, 4.69) is 16.6 Å². The summed E-state index contributed by atoms with van der Waals surface area (Å²) in [6.45, 7) is 6.57. The van der Waals surface area contributed by atoms with Crippen LogP contribution < -0.4 is 4.72 Å². The second kappa shape index (κ2) is 7.34. The Morgan fingerprint density at radius 1 is 1.29 bits per heavy atom. The molecule has 6 nitrogen and oxygen atoms in total. The van der Waals surface area contributed by atoms with Gasteiger partial charge in [0.25, 0.3) is 10.0 Å². The average molecular weight is 351 g/mol. The quantitative estimate of drug-likeness (QED) is 0.851. The SMILES string of the molecule is CCCCN(C)C(=O)C(N=C1NS(=O)(=O)c2ccccc21)C(C)C. The molecule has 1 atom stereocenters. The third-order valence-electron chi connectivity index (χ3n) is 4.04. The van der Waals surface area contributed by atoms with Gasteiger partial charge in [0.1, 0.15) is 11.9 Å². The van der Waals surface area contributed by atoms with Crippen molar-refractivity contribution < 1.29 is 13.2 Å². The van der Waals surface area contributed by atoms with Gasteiger partial charge in [-0.25, -0.2) is 8.42 Å². The smallest absolute Gasteiger partial charge is 0.263 e. The van der Waals surface area contributed by atoms with Gasteiger partial charge in [-0.15, -0.1) is 0 Å². The average Bonchev–Trinajstić information content (AvgIpc) is 2.80. The van der Waals surface area contributed by atoms with Gasteiger partial charge in [-0.3, -0.25) is 14.5 Å². The molecule has 7 heteroatoms. The summed E-state index contributed by atoms with van der Waals surface area (Å²) in [6, 6.07) is 6.06. The zero-order valence-electron chi connectivity index (χ0n) is 14.6. The molecule has 0 aromatic heterocycles. The van der Waals surface area contributed by atoms with Crippen LogP contribution in [0.3, 0.4) is 0 Å². The van der Waals surface area contributed by atoms with Crippen LogP contribution in [0.1, 0.15) is 39.2 Å². The van der Waals surface area contributed by atoms with Gasteiger partial charge in [0.05, 0.1) is 4.90 Å². The van der Waals surface area contributed by atoms with E-state index in [0.29, 0.717) is 12.1 Å². The van der Waals surface area contributed by atoms with E-state index in [-0.39, 0.29) is 22.6 Å². The summed E-state index contributed by atoms with van der Waals surface area (Å²) >= 11 is 0. The van der Waals surface area contributed by atoms with E-state index >= 15 is 0 Å². The first-order chi connectivity index (χ1) is 11.3. The molecule has 0 bridgehead atoms. The molecule has 0 spiro atoms. The molecule has 1 heterocycles. The molecule has 1 aliphatic rings. The Bertz CT molecular complexity index is 741. The first-order valence-electron chi connectivity index (χ1n) is 8.23. The molecule has 1 unspecified atom stereocenters. The van der Waals surface area contributed by atoms with Gasteiger partial charge in [-0.1, -0.05) is 39.3 Å². The third-order valence-corrected chi connectivity index (χ3v) is 5.44. The number of nitrogens with zero attached hydrogens (tertiary/aromatic N) is 2. The van der Waals surface area contributed by atoms with Crippen LogP contribution in [0.4, 0.5) is 0 Å². The van der Waals surface area contributed by atoms with E-state index in [1.54, 1.807) is 36.2 Å². The predicted molar refractivity (Wildman–Crippen MR) is 94.5 cm³/mol. The van der Waals surface area contributed by atoms with E-state index < -0.39 is 16.1 Å². The zero-order valence-corrected chi connectivity index (χ0v) is 15.4. The minimum atomic E-state index is -3.59. The first-order valence-corrected chi connectivity index (χ1v) is 9.71. The molecule has 0 saturated heterocycles. The second-order valence-electron chi connectivity index (χ2n) is 6.38. The molecule has 1 aromatic rings. The number of carbonyl (C=O) groups excluding carboxylic acids is 1. The molecule has 132 valence electrons. The van der Waals surface area contributed by atoms with Crippen molar-refractivity contribution in [3.8, 4) is 0 Å². The van der Waals surface area contributed by atoms with Crippen molar-refractivity contribution in [3.05, 3.63) is 29.8 Å². The number of nitrogens with one attached hydrogen (secondary N) is 1. The number of fused-ring (bicyclic) bond motifs is 1. The number of benzene rings is 1. The van der Waals surface area contributed by atoms with E-state index in [9.17, 15) is 13.2 Å². The number of amides is 1. The summed E-state index contributed by atoms with van der Waals surface area (Å²) in [5, 5.41) is 0. The van der Waals surface area contributed by atoms with Crippen LogP contribution in [-0.2, 0) is 14.8 Å². The zero-order chi connectivity index (χ0) is 17.9. The Kier molecular flexibility index (Phi) is 5.64. The minimum Gasteiger partial charge on any atom is -0.344 e. The largest absolute Gasteiger partial charge is 0.344 e. The maximum Gasteiger partial charge on any atom is 0.263 e. The molecule has 1 N–H and O–H groups in total. The highest BCUT2D eigenvalue weighted by Crippen LogP contribution is 2.23. The molecular weight excluding hydrogens is 326 g/mol. The number of unbranched alkanes of at least 4 members (excludes halogenated alkanes) is 1. The van der Waals surface area contributed by atoms with Crippen molar-refractivity contribution in [1.82, 2.24) is 9.62 Å². The van der Waals surface area contributed by atoms with E-state index in [1.165, 1.54) is 0 Å². The number of amidine groups is 1. The second-order valence-corrected chi connectivity index (χ2v) is 8.03. The minimum absolute atomic E-state index is 0.0358. The molecule has 24 heavy (non-hydrogen) atoms. The number of hydrogen-bond donors (Lipinski definition) is 1. The topological polar surface area (TPSA) is 78.8 Å². The Hall–Kier alpha value is -1.89. The summed E-state index contributed by atoms with van der Waals surface area (Å²) < 4.78 is 26.8. The highest BCUT2D eigenvalue weighted by molar-refractivity contribution is 7.90. The van der Waals surface area contributed by atoms with Crippen molar-refractivity contribution in [3.63, 3.8) is 0 Å². The molecule has 0 aliphatic carbocycles. The van der Waals surface area contributed by atoms with Crippen LogP contribution in [0.5, 0.6) is 0 Å². The maximum absolute atomic E-state index is 12.7. The molecule has 0 saturated carbocycles. The van der Waals surface area contributed by atoms with Crippen LogP contribution in [0.25, 0.3) is 0 Å². The molecule has 1 amide bonds. The van der Waals surface area contributed by atoms with E-state index in [1.807, 2.05) is 13.8 Å². The van der Waals surface area contributed by atoms with Crippen molar-refractivity contribution in [2.75, 3.05) is 13.6 Å². The predicted octanol–water partition coefficient (Wildman–Crippen LogP) is 2.01. The fourth-order valence-corrected chi connectivity index (χ4v) is 3.83. The number of aliphatic imine (C=N–C) groups is 1. The van der Waals surface area contributed by atoms with Crippen LogP contribution in [0, 0.1) is 5.92 Å². The molecule has 0 fully saturated rings. The summed E-state index contributed by atoms with van der Waals surface area (Å²) in [5.74, 6) is 0.127. The maximum atomic E-state index is 12.7. The summed E-state index contributed by atoms with van der Waals surface area (Å²) in [6.07, 6.45) is 1.94. The Morgan fingerprint density at radius 2 is 1.96 bits per heavy atom. The van der Waals surface area contributed by atoms with Gasteiger partial charge in [-0.05, 0) is 24.5 Å². The van der Waals surface area contributed by atoms with Crippen LogP contribution in [0.2, 0.25) is 0 Å². The van der Waals surface area contributed by atoms with Gasteiger partial charge < -0.3 is 4.90 Å². The van der Waals surface area contributed by atoms with Crippen molar-refractivity contribution >= 4 is 21.8 Å². The van der Waals surface area contributed by atoms with Crippen LogP contribution in [-0.4, -0.2) is 44.7 Å². The summed E-state index contributed by atoms with van der Waals surface area (Å²) in [7, 11) is -1.83. The highest BCUT2D eigenvalue weighted by atomic mass is 32.2.